The fourth-order valence-corrected chi connectivity index (χ4v) is 2.83. The highest BCUT2D eigenvalue weighted by molar-refractivity contribution is 5.60. The Balaban J connectivity index is 2.04. The van der Waals surface area contributed by atoms with Crippen LogP contribution in [-0.4, -0.2) is 12.2 Å². The molecule has 112 valence electrons. The van der Waals surface area contributed by atoms with Crippen molar-refractivity contribution in [3.63, 3.8) is 0 Å². The second-order valence-corrected chi connectivity index (χ2v) is 5.92. The molecule has 1 atom stereocenters. The maximum absolute atomic E-state index is 9.69. The van der Waals surface area contributed by atoms with Gasteiger partial charge in [-0.3, -0.25) is 0 Å². The second kappa shape index (κ2) is 5.72. The number of fused-ring (bicyclic) bond motifs is 2. The minimum atomic E-state index is 0.284. The van der Waals surface area contributed by atoms with Crippen LogP contribution in [0.3, 0.4) is 0 Å². The van der Waals surface area contributed by atoms with Crippen molar-refractivity contribution >= 4 is 5.69 Å². The molecule has 2 nitrogen and oxygen atoms in total. The molecule has 0 saturated heterocycles. The lowest BCUT2D eigenvalue weighted by atomic mass is 9.93. The number of rotatable bonds is 2. The van der Waals surface area contributed by atoms with Crippen LogP contribution in [0.1, 0.15) is 13.8 Å². The first-order valence-electron chi connectivity index (χ1n) is 7.57. The molecule has 0 amide bonds. The molecule has 3 rings (SSSR count). The minimum absolute atomic E-state index is 0.284. The summed E-state index contributed by atoms with van der Waals surface area (Å²) in [6.45, 7) is 4.37. The minimum Gasteiger partial charge on any atom is -0.508 e. The lowest BCUT2D eigenvalue weighted by Crippen LogP contribution is -2.15. The van der Waals surface area contributed by atoms with Gasteiger partial charge in [-0.05, 0) is 42.4 Å². The predicted molar refractivity (Wildman–Crippen MR) is 92.8 cm³/mol. The average Bonchev–Trinajstić information content (AvgIpc) is 2.73. The average molecular weight is 291 g/mol. The fraction of sp³-hybridized carbons (Fsp3) is 0.200. The van der Waals surface area contributed by atoms with Gasteiger partial charge in [-0.25, -0.2) is 0 Å². The van der Waals surface area contributed by atoms with E-state index in [1.54, 1.807) is 12.1 Å². The van der Waals surface area contributed by atoms with E-state index in [9.17, 15) is 5.11 Å². The molecule has 0 spiro atoms. The summed E-state index contributed by atoms with van der Waals surface area (Å²) < 4.78 is 0. The van der Waals surface area contributed by atoms with Crippen LogP contribution in [0.2, 0.25) is 0 Å². The van der Waals surface area contributed by atoms with E-state index in [0.29, 0.717) is 5.92 Å². The smallest absolute Gasteiger partial charge is 0.117 e. The van der Waals surface area contributed by atoms with Gasteiger partial charge in [0.15, 0.2) is 0 Å². The standard InChI is InChI=1S/C20H21NO/c1-14-7-8-16-9-10-19(12-17(11-14)15(16)2)21(3)18-5-4-6-20(22)13-18/h4-13,15,22H,1-3H3. The fourth-order valence-electron chi connectivity index (χ4n) is 2.83. The zero-order chi connectivity index (χ0) is 15.7. The van der Waals surface area contributed by atoms with E-state index in [2.05, 4.69) is 55.2 Å². The summed E-state index contributed by atoms with van der Waals surface area (Å²) in [4.78, 5) is 2.10. The largest absolute Gasteiger partial charge is 0.508 e. The molecule has 0 aromatic heterocycles. The van der Waals surface area contributed by atoms with Crippen LogP contribution >= 0.6 is 0 Å². The Hall–Kier alpha value is -2.48. The van der Waals surface area contributed by atoms with Crippen molar-refractivity contribution in [3.8, 4) is 5.75 Å². The molecular weight excluding hydrogens is 270 g/mol. The zero-order valence-electron chi connectivity index (χ0n) is 13.2. The lowest BCUT2D eigenvalue weighted by molar-refractivity contribution is 0.475. The highest BCUT2D eigenvalue weighted by atomic mass is 16.3. The highest BCUT2D eigenvalue weighted by Gasteiger charge is 2.17. The van der Waals surface area contributed by atoms with Crippen molar-refractivity contribution < 1.29 is 5.11 Å². The molecule has 1 aromatic rings. The molecule has 1 N–H and O–H groups in total. The van der Waals surface area contributed by atoms with Gasteiger partial charge < -0.3 is 10.0 Å². The number of nitrogens with zero attached hydrogens (tertiary/aromatic N) is 1. The van der Waals surface area contributed by atoms with Crippen molar-refractivity contribution in [2.75, 3.05) is 11.9 Å². The van der Waals surface area contributed by atoms with Gasteiger partial charge in [0.05, 0.1) is 0 Å². The second-order valence-electron chi connectivity index (χ2n) is 5.92. The van der Waals surface area contributed by atoms with E-state index in [1.807, 2.05) is 19.2 Å². The van der Waals surface area contributed by atoms with Crippen LogP contribution in [0.5, 0.6) is 5.75 Å². The van der Waals surface area contributed by atoms with Crippen molar-refractivity contribution in [1.82, 2.24) is 0 Å². The van der Waals surface area contributed by atoms with Gasteiger partial charge in [0.2, 0.25) is 0 Å². The highest BCUT2D eigenvalue weighted by Crippen LogP contribution is 2.32. The Kier molecular flexibility index (Phi) is 3.76. The van der Waals surface area contributed by atoms with Crippen molar-refractivity contribution in [2.45, 2.75) is 13.8 Å². The molecule has 0 aliphatic heterocycles. The van der Waals surface area contributed by atoms with E-state index in [-0.39, 0.29) is 5.75 Å². The molecule has 2 heteroatoms. The Bertz CT molecular complexity index is 747. The molecule has 0 fully saturated rings. The first kappa shape index (κ1) is 14.5. The van der Waals surface area contributed by atoms with Gasteiger partial charge >= 0.3 is 0 Å². The third-order valence-corrected chi connectivity index (χ3v) is 4.30. The van der Waals surface area contributed by atoms with Crippen molar-refractivity contribution in [2.24, 2.45) is 5.92 Å². The molecule has 1 unspecified atom stereocenters. The normalized spacial score (nSPS) is 20.2. The summed E-state index contributed by atoms with van der Waals surface area (Å²) >= 11 is 0. The number of phenols is 1. The molecule has 2 aliphatic carbocycles. The number of phenolic OH excluding ortho intramolecular Hbond substituents is 1. The number of benzene rings is 1. The molecular formula is C20H21NO. The summed E-state index contributed by atoms with van der Waals surface area (Å²) in [6.07, 6.45) is 13.2. The first-order chi connectivity index (χ1) is 10.5. The van der Waals surface area contributed by atoms with Crippen LogP contribution in [0.25, 0.3) is 0 Å². The maximum Gasteiger partial charge on any atom is 0.117 e. The summed E-state index contributed by atoms with van der Waals surface area (Å²) in [5.74, 6) is 0.673. The molecule has 22 heavy (non-hydrogen) atoms. The van der Waals surface area contributed by atoms with E-state index in [1.165, 1.54) is 16.7 Å². The number of allylic oxidation sites excluding steroid dienone is 9. The molecule has 0 saturated carbocycles. The maximum atomic E-state index is 9.69. The van der Waals surface area contributed by atoms with Gasteiger partial charge in [0, 0.05) is 30.4 Å². The summed E-state index contributed by atoms with van der Waals surface area (Å²) in [5, 5.41) is 9.69. The molecule has 0 heterocycles. The number of aromatic hydroxyl groups is 1. The van der Waals surface area contributed by atoms with E-state index in [4.69, 9.17) is 0 Å². The van der Waals surface area contributed by atoms with Crippen LogP contribution in [0.15, 0.2) is 83.1 Å². The third kappa shape index (κ3) is 2.77. The van der Waals surface area contributed by atoms with Crippen LogP contribution in [0, 0.1) is 5.92 Å². The Labute approximate surface area is 132 Å². The lowest BCUT2D eigenvalue weighted by Gasteiger charge is -2.21. The molecule has 2 aliphatic rings. The van der Waals surface area contributed by atoms with Gasteiger partial charge in [-0.1, -0.05) is 42.9 Å². The van der Waals surface area contributed by atoms with Crippen molar-refractivity contribution in [3.05, 3.63) is 83.1 Å². The summed E-state index contributed by atoms with van der Waals surface area (Å²) in [7, 11) is 2.02. The zero-order valence-corrected chi connectivity index (χ0v) is 13.2. The van der Waals surface area contributed by atoms with E-state index >= 15 is 0 Å². The number of anilines is 1. The quantitative estimate of drug-likeness (QED) is 0.851. The summed E-state index contributed by atoms with van der Waals surface area (Å²) in [6, 6.07) is 7.33. The van der Waals surface area contributed by atoms with Crippen LogP contribution in [0.4, 0.5) is 5.69 Å². The Morgan fingerprint density at radius 1 is 1.05 bits per heavy atom. The molecule has 2 bridgehead atoms. The summed E-state index contributed by atoms with van der Waals surface area (Å²) in [5.41, 5.74) is 5.98. The Morgan fingerprint density at radius 3 is 2.64 bits per heavy atom. The number of hydrogen-bond donors (Lipinski definition) is 1. The van der Waals surface area contributed by atoms with Crippen molar-refractivity contribution in [1.29, 1.82) is 0 Å². The van der Waals surface area contributed by atoms with Gasteiger partial charge in [-0.15, -0.1) is 0 Å². The number of likely N-dealkylation sites (N-methyl/N-ethyl adjacent to an activating group) is 1. The molecule has 1 aromatic carbocycles. The van der Waals surface area contributed by atoms with Gasteiger partial charge in [-0.2, -0.15) is 0 Å². The van der Waals surface area contributed by atoms with Gasteiger partial charge in [0.1, 0.15) is 5.75 Å². The van der Waals surface area contributed by atoms with Gasteiger partial charge in [0.25, 0.3) is 0 Å². The SMILES string of the molecule is CC1=CC2=CC(N(C)c3cccc(O)c3)=CC=C(C=C1)C2C. The monoisotopic (exact) mass is 291 g/mol. The topological polar surface area (TPSA) is 23.5 Å². The first-order valence-corrected chi connectivity index (χ1v) is 7.57. The van der Waals surface area contributed by atoms with E-state index < -0.39 is 0 Å². The van der Waals surface area contributed by atoms with Crippen LogP contribution < -0.4 is 4.90 Å². The predicted octanol–water partition coefficient (Wildman–Crippen LogP) is 4.73. The third-order valence-electron chi connectivity index (χ3n) is 4.30. The van der Waals surface area contributed by atoms with Crippen LogP contribution in [-0.2, 0) is 0 Å². The van der Waals surface area contributed by atoms with E-state index in [0.717, 1.165) is 11.4 Å². The Morgan fingerprint density at radius 2 is 1.86 bits per heavy atom. The molecule has 0 radical (unpaired) electrons. The number of hydrogen-bond acceptors (Lipinski definition) is 2.